The molecule has 1 aliphatic heterocycles. The smallest absolute Gasteiger partial charge is 0.168 e. The molecule has 2 saturated carbocycles. The van der Waals surface area contributed by atoms with E-state index in [1.807, 2.05) is 48.5 Å². The van der Waals surface area contributed by atoms with Gasteiger partial charge in [0.15, 0.2) is 5.79 Å². The van der Waals surface area contributed by atoms with Crippen molar-refractivity contribution in [3.8, 4) is 0 Å². The standard InChI is InChI=1S/C27H34O5/c28-23-16-22(24-19-31-27(32-24)14-8-3-9-15-27)25(29-17-20-10-4-1-5-11-20)26(23)30-18-21-12-6-2-7-13-21/h1-2,4-7,10-13,22-26,28H,3,8-9,14-19H2/t22-,23-,24-,25-,26+/m1/s1. The second kappa shape index (κ2) is 10.0. The predicted molar refractivity (Wildman–Crippen MR) is 121 cm³/mol. The molecule has 172 valence electrons. The van der Waals surface area contributed by atoms with Gasteiger partial charge in [0.25, 0.3) is 0 Å². The van der Waals surface area contributed by atoms with Gasteiger partial charge in [0, 0.05) is 18.8 Å². The minimum Gasteiger partial charge on any atom is -0.390 e. The van der Waals surface area contributed by atoms with E-state index in [-0.39, 0.29) is 18.1 Å². The molecule has 1 spiro atoms. The van der Waals surface area contributed by atoms with E-state index >= 15 is 0 Å². The molecule has 5 nitrogen and oxygen atoms in total. The van der Waals surface area contributed by atoms with Crippen LogP contribution in [-0.2, 0) is 32.2 Å². The second-order valence-electron chi connectivity index (χ2n) is 9.43. The molecule has 32 heavy (non-hydrogen) atoms. The van der Waals surface area contributed by atoms with Gasteiger partial charge in [-0.2, -0.15) is 0 Å². The highest BCUT2D eigenvalue weighted by Gasteiger charge is 2.53. The maximum Gasteiger partial charge on any atom is 0.168 e. The van der Waals surface area contributed by atoms with Crippen molar-refractivity contribution in [1.29, 1.82) is 0 Å². The van der Waals surface area contributed by atoms with Crippen molar-refractivity contribution < 1.29 is 24.1 Å². The highest BCUT2D eigenvalue weighted by atomic mass is 16.7. The van der Waals surface area contributed by atoms with Gasteiger partial charge in [0.1, 0.15) is 6.10 Å². The fourth-order valence-electron chi connectivity index (χ4n) is 5.47. The van der Waals surface area contributed by atoms with E-state index in [4.69, 9.17) is 18.9 Å². The molecule has 3 fully saturated rings. The lowest BCUT2D eigenvalue weighted by Crippen LogP contribution is -2.40. The van der Waals surface area contributed by atoms with Crippen molar-refractivity contribution in [2.24, 2.45) is 5.92 Å². The average Bonchev–Trinajstić information content (AvgIpc) is 3.38. The molecular weight excluding hydrogens is 404 g/mol. The number of hydrogen-bond acceptors (Lipinski definition) is 5. The molecule has 2 aliphatic carbocycles. The topological polar surface area (TPSA) is 57.2 Å². The van der Waals surface area contributed by atoms with Crippen LogP contribution in [0.2, 0.25) is 0 Å². The summed E-state index contributed by atoms with van der Waals surface area (Å²) in [5.74, 6) is -0.392. The number of hydrogen-bond donors (Lipinski definition) is 1. The number of aliphatic hydroxyl groups excluding tert-OH is 1. The summed E-state index contributed by atoms with van der Waals surface area (Å²) < 4.78 is 25.5. The van der Waals surface area contributed by atoms with Crippen LogP contribution in [0.5, 0.6) is 0 Å². The van der Waals surface area contributed by atoms with Crippen LogP contribution in [0.1, 0.15) is 49.7 Å². The van der Waals surface area contributed by atoms with Crippen molar-refractivity contribution in [1.82, 2.24) is 0 Å². The van der Waals surface area contributed by atoms with Crippen molar-refractivity contribution in [2.75, 3.05) is 6.61 Å². The third-order valence-electron chi connectivity index (χ3n) is 7.18. The van der Waals surface area contributed by atoms with E-state index in [2.05, 4.69) is 12.1 Å². The molecule has 5 heteroatoms. The van der Waals surface area contributed by atoms with Crippen LogP contribution in [0.3, 0.4) is 0 Å². The molecule has 5 rings (SSSR count). The Kier molecular flexibility index (Phi) is 6.91. The largest absolute Gasteiger partial charge is 0.390 e. The first-order valence-electron chi connectivity index (χ1n) is 12.0. The van der Waals surface area contributed by atoms with Crippen LogP contribution < -0.4 is 0 Å². The molecule has 3 aliphatic rings. The van der Waals surface area contributed by atoms with Gasteiger partial charge < -0.3 is 24.1 Å². The number of rotatable bonds is 7. The minimum atomic E-state index is -0.587. The van der Waals surface area contributed by atoms with E-state index in [0.29, 0.717) is 26.2 Å². The molecule has 2 aromatic rings. The average molecular weight is 439 g/mol. The first-order chi connectivity index (χ1) is 15.7. The summed E-state index contributed by atoms with van der Waals surface area (Å²) >= 11 is 0. The fraction of sp³-hybridized carbons (Fsp3) is 0.556. The van der Waals surface area contributed by atoms with Crippen LogP contribution >= 0.6 is 0 Å². The van der Waals surface area contributed by atoms with Crippen molar-refractivity contribution in [3.05, 3.63) is 71.8 Å². The molecular formula is C27H34O5. The SMILES string of the molecule is O[C@@H]1C[C@H]([C@H]2COC3(CCCCC3)O2)[C@@H](OCc2ccccc2)[C@H]1OCc1ccccc1. The molecule has 1 heterocycles. The molecule has 5 atom stereocenters. The van der Waals surface area contributed by atoms with Gasteiger partial charge in [-0.15, -0.1) is 0 Å². The van der Waals surface area contributed by atoms with E-state index in [9.17, 15) is 5.11 Å². The summed E-state index contributed by atoms with van der Waals surface area (Å²) in [7, 11) is 0. The molecule has 0 unspecified atom stereocenters. The van der Waals surface area contributed by atoms with Crippen molar-refractivity contribution in [2.45, 2.75) is 81.9 Å². The molecule has 0 bridgehead atoms. The summed E-state index contributed by atoms with van der Waals surface area (Å²) in [4.78, 5) is 0. The van der Waals surface area contributed by atoms with Gasteiger partial charge in [-0.25, -0.2) is 0 Å². The van der Waals surface area contributed by atoms with Crippen molar-refractivity contribution >= 4 is 0 Å². The Balaban J connectivity index is 1.30. The third kappa shape index (κ3) is 4.92. The highest BCUT2D eigenvalue weighted by Crippen LogP contribution is 2.44. The summed E-state index contributed by atoms with van der Waals surface area (Å²) in [6.07, 6.45) is 4.77. The molecule has 0 aromatic heterocycles. The molecule has 1 saturated heterocycles. The summed E-state index contributed by atoms with van der Waals surface area (Å²) in [6.45, 7) is 1.50. The first kappa shape index (κ1) is 22.1. The van der Waals surface area contributed by atoms with E-state index in [0.717, 1.165) is 36.8 Å². The van der Waals surface area contributed by atoms with E-state index in [1.165, 1.54) is 6.42 Å². The lowest BCUT2D eigenvalue weighted by Gasteiger charge is -2.33. The fourth-order valence-corrected chi connectivity index (χ4v) is 5.47. The van der Waals surface area contributed by atoms with Crippen LogP contribution in [0, 0.1) is 5.92 Å². The molecule has 2 aromatic carbocycles. The van der Waals surface area contributed by atoms with Gasteiger partial charge >= 0.3 is 0 Å². The maximum atomic E-state index is 11.0. The lowest BCUT2D eigenvalue weighted by atomic mass is 9.94. The molecule has 0 radical (unpaired) electrons. The third-order valence-corrected chi connectivity index (χ3v) is 7.18. The first-order valence-corrected chi connectivity index (χ1v) is 12.0. The quantitative estimate of drug-likeness (QED) is 0.684. The summed E-state index contributed by atoms with van der Waals surface area (Å²) in [5.41, 5.74) is 2.20. The Bertz CT molecular complexity index is 836. The lowest BCUT2D eigenvalue weighted by molar-refractivity contribution is -0.197. The zero-order valence-corrected chi connectivity index (χ0v) is 18.6. The Hall–Kier alpha value is -1.76. The highest BCUT2D eigenvalue weighted by molar-refractivity contribution is 5.15. The predicted octanol–water partition coefficient (Wildman–Crippen LogP) is 4.61. The van der Waals surface area contributed by atoms with Gasteiger partial charge in [-0.1, -0.05) is 67.1 Å². The van der Waals surface area contributed by atoms with Crippen LogP contribution in [0.15, 0.2) is 60.7 Å². The Morgan fingerprint density at radius 3 is 2.03 bits per heavy atom. The summed E-state index contributed by atoms with van der Waals surface area (Å²) in [6, 6.07) is 20.2. The van der Waals surface area contributed by atoms with Gasteiger partial charge in [0.05, 0.1) is 38.1 Å². The normalized spacial score (nSPS) is 31.8. The Morgan fingerprint density at radius 2 is 1.41 bits per heavy atom. The summed E-state index contributed by atoms with van der Waals surface area (Å²) in [5, 5.41) is 11.0. The Morgan fingerprint density at radius 1 is 0.812 bits per heavy atom. The second-order valence-corrected chi connectivity index (χ2v) is 9.43. The monoisotopic (exact) mass is 438 g/mol. The molecule has 0 amide bonds. The number of ether oxygens (including phenoxy) is 4. The van der Waals surface area contributed by atoms with Crippen LogP contribution in [0.25, 0.3) is 0 Å². The maximum absolute atomic E-state index is 11.0. The van der Waals surface area contributed by atoms with E-state index < -0.39 is 18.0 Å². The van der Waals surface area contributed by atoms with Gasteiger partial charge in [-0.3, -0.25) is 0 Å². The van der Waals surface area contributed by atoms with Crippen LogP contribution in [0.4, 0.5) is 0 Å². The zero-order valence-electron chi connectivity index (χ0n) is 18.6. The minimum absolute atomic E-state index is 0.0378. The number of benzene rings is 2. The van der Waals surface area contributed by atoms with Crippen LogP contribution in [-0.4, -0.2) is 41.9 Å². The van der Waals surface area contributed by atoms with Crippen molar-refractivity contribution in [3.63, 3.8) is 0 Å². The van der Waals surface area contributed by atoms with Gasteiger partial charge in [0.2, 0.25) is 0 Å². The number of aliphatic hydroxyl groups is 1. The van der Waals surface area contributed by atoms with Gasteiger partial charge in [-0.05, 0) is 30.4 Å². The molecule has 1 N–H and O–H groups in total. The van der Waals surface area contributed by atoms with E-state index in [1.54, 1.807) is 0 Å². The zero-order chi connectivity index (χ0) is 21.8. The Labute approximate surface area is 190 Å².